The van der Waals surface area contributed by atoms with Crippen LogP contribution in [0.15, 0.2) is 24.3 Å². The molecule has 2 fully saturated rings. The standard InChI is InChI=1S/C18H22F3N3O3/c1-12-15(22-5-10-27-12)17(26)24-8-6-23(7-9-24)16(25)13-3-2-4-14(11-13)18(19,20)21/h2-4,11-12,15,22H,5-10H2,1H3/t12-,15+/m1/s1. The summed E-state index contributed by atoms with van der Waals surface area (Å²) in [5.41, 5.74) is -0.847. The number of amides is 2. The van der Waals surface area contributed by atoms with Crippen molar-refractivity contribution in [3.05, 3.63) is 35.4 Å². The van der Waals surface area contributed by atoms with E-state index >= 15 is 0 Å². The topological polar surface area (TPSA) is 61.9 Å². The van der Waals surface area contributed by atoms with Gasteiger partial charge in [0.2, 0.25) is 5.91 Å². The fraction of sp³-hybridized carbons (Fsp3) is 0.556. The van der Waals surface area contributed by atoms with Gasteiger partial charge in [-0.3, -0.25) is 9.59 Å². The number of carbonyl (C=O) groups excluding carboxylic acids is 2. The number of nitrogens with one attached hydrogen (secondary N) is 1. The van der Waals surface area contributed by atoms with Crippen LogP contribution >= 0.6 is 0 Å². The van der Waals surface area contributed by atoms with Crippen LogP contribution in [-0.2, 0) is 15.7 Å². The van der Waals surface area contributed by atoms with Crippen LogP contribution in [0.5, 0.6) is 0 Å². The first kappa shape index (κ1) is 19.6. The first-order valence-corrected chi connectivity index (χ1v) is 8.87. The lowest BCUT2D eigenvalue weighted by Gasteiger charge is -2.38. The van der Waals surface area contributed by atoms with E-state index in [2.05, 4.69) is 5.32 Å². The number of nitrogens with zero attached hydrogens (tertiary/aromatic N) is 2. The number of ether oxygens (including phenoxy) is 1. The molecule has 0 bridgehead atoms. The molecule has 0 spiro atoms. The Kier molecular flexibility index (Phi) is 5.71. The summed E-state index contributed by atoms with van der Waals surface area (Å²) in [6, 6.07) is 3.99. The van der Waals surface area contributed by atoms with Crippen LogP contribution in [0.4, 0.5) is 13.2 Å². The minimum absolute atomic E-state index is 0.000529. The van der Waals surface area contributed by atoms with E-state index in [1.807, 2.05) is 6.92 Å². The van der Waals surface area contributed by atoms with Gasteiger partial charge < -0.3 is 19.9 Å². The molecule has 0 unspecified atom stereocenters. The van der Waals surface area contributed by atoms with Crippen molar-refractivity contribution in [1.29, 1.82) is 0 Å². The number of morpholine rings is 1. The molecule has 2 aliphatic heterocycles. The summed E-state index contributed by atoms with van der Waals surface area (Å²) < 4.78 is 44.0. The van der Waals surface area contributed by atoms with E-state index in [1.54, 1.807) is 4.90 Å². The van der Waals surface area contributed by atoms with Gasteiger partial charge in [0.05, 0.1) is 18.3 Å². The minimum Gasteiger partial charge on any atom is -0.375 e. The highest BCUT2D eigenvalue weighted by molar-refractivity contribution is 5.94. The second-order valence-electron chi connectivity index (χ2n) is 6.70. The van der Waals surface area contributed by atoms with Crippen LogP contribution in [-0.4, -0.2) is 73.1 Å². The molecule has 0 radical (unpaired) electrons. The van der Waals surface area contributed by atoms with E-state index in [-0.39, 0.29) is 30.7 Å². The smallest absolute Gasteiger partial charge is 0.375 e. The van der Waals surface area contributed by atoms with Gasteiger partial charge in [0.1, 0.15) is 6.04 Å². The highest BCUT2D eigenvalue weighted by Crippen LogP contribution is 2.29. The van der Waals surface area contributed by atoms with Gasteiger partial charge in [0.15, 0.2) is 0 Å². The van der Waals surface area contributed by atoms with Gasteiger partial charge in [0, 0.05) is 38.3 Å². The van der Waals surface area contributed by atoms with Crippen LogP contribution in [0.25, 0.3) is 0 Å². The lowest BCUT2D eigenvalue weighted by molar-refractivity contribution is -0.141. The summed E-state index contributed by atoms with van der Waals surface area (Å²) in [5, 5.41) is 3.14. The molecule has 2 heterocycles. The first-order valence-electron chi connectivity index (χ1n) is 8.87. The molecule has 9 heteroatoms. The van der Waals surface area contributed by atoms with Gasteiger partial charge in [-0.25, -0.2) is 0 Å². The number of halogens is 3. The summed E-state index contributed by atoms with van der Waals surface area (Å²) in [6.45, 7) is 4.25. The Bertz CT molecular complexity index is 703. The number of benzene rings is 1. The molecule has 2 aliphatic rings. The molecule has 0 aromatic heterocycles. The number of hydrogen-bond acceptors (Lipinski definition) is 4. The molecule has 1 aromatic rings. The molecule has 1 N–H and O–H groups in total. The molecule has 2 atom stereocenters. The van der Waals surface area contributed by atoms with Gasteiger partial charge in [-0.1, -0.05) is 6.07 Å². The van der Waals surface area contributed by atoms with Crippen LogP contribution in [0, 0.1) is 0 Å². The number of rotatable bonds is 2. The SMILES string of the molecule is C[C@H]1OCCN[C@@H]1C(=O)N1CCN(C(=O)c2cccc(C(F)(F)F)c2)CC1. The highest BCUT2D eigenvalue weighted by atomic mass is 19.4. The van der Waals surface area contributed by atoms with Gasteiger partial charge in [-0.15, -0.1) is 0 Å². The van der Waals surface area contributed by atoms with Crippen LogP contribution < -0.4 is 5.32 Å². The third kappa shape index (κ3) is 4.41. The molecular weight excluding hydrogens is 363 g/mol. The number of alkyl halides is 3. The molecule has 1 aromatic carbocycles. The average molecular weight is 385 g/mol. The van der Waals surface area contributed by atoms with E-state index in [0.29, 0.717) is 26.2 Å². The lowest BCUT2D eigenvalue weighted by atomic mass is 10.1. The van der Waals surface area contributed by atoms with Crippen LogP contribution in [0.1, 0.15) is 22.8 Å². The van der Waals surface area contributed by atoms with Crippen LogP contribution in [0.2, 0.25) is 0 Å². The summed E-state index contributed by atoms with van der Waals surface area (Å²) in [7, 11) is 0. The quantitative estimate of drug-likeness (QED) is 0.835. The molecule has 2 saturated heterocycles. The molecule has 6 nitrogen and oxygen atoms in total. The van der Waals surface area contributed by atoms with Crippen molar-refractivity contribution in [1.82, 2.24) is 15.1 Å². The number of hydrogen-bond donors (Lipinski definition) is 1. The average Bonchev–Trinajstić information content (AvgIpc) is 2.67. The van der Waals surface area contributed by atoms with E-state index in [0.717, 1.165) is 12.1 Å². The van der Waals surface area contributed by atoms with E-state index in [9.17, 15) is 22.8 Å². The second-order valence-corrected chi connectivity index (χ2v) is 6.70. The minimum atomic E-state index is -4.49. The fourth-order valence-electron chi connectivity index (χ4n) is 3.35. The largest absolute Gasteiger partial charge is 0.416 e. The van der Waals surface area contributed by atoms with Gasteiger partial charge in [-0.2, -0.15) is 13.2 Å². The highest BCUT2D eigenvalue weighted by Gasteiger charge is 2.35. The van der Waals surface area contributed by atoms with Gasteiger partial charge in [-0.05, 0) is 25.1 Å². The normalized spacial score (nSPS) is 24.0. The summed E-state index contributed by atoms with van der Waals surface area (Å²) in [6.07, 6.45) is -4.72. The maximum Gasteiger partial charge on any atom is 0.416 e. The summed E-state index contributed by atoms with van der Waals surface area (Å²) >= 11 is 0. The van der Waals surface area contributed by atoms with Gasteiger partial charge >= 0.3 is 6.18 Å². The van der Waals surface area contributed by atoms with E-state index in [1.165, 1.54) is 17.0 Å². The first-order chi connectivity index (χ1) is 12.8. The summed E-state index contributed by atoms with van der Waals surface area (Å²) in [4.78, 5) is 28.3. The predicted molar refractivity (Wildman–Crippen MR) is 91.1 cm³/mol. The maximum atomic E-state index is 12.8. The zero-order valence-electron chi connectivity index (χ0n) is 15.0. The number of piperazine rings is 1. The Morgan fingerprint density at radius 2 is 1.81 bits per heavy atom. The molecular formula is C18H22F3N3O3. The Hall–Kier alpha value is -2.13. The third-order valence-electron chi connectivity index (χ3n) is 4.90. The monoisotopic (exact) mass is 385 g/mol. The molecule has 3 rings (SSSR count). The fourth-order valence-corrected chi connectivity index (χ4v) is 3.35. The van der Waals surface area contributed by atoms with Crippen molar-refractivity contribution in [2.24, 2.45) is 0 Å². The van der Waals surface area contributed by atoms with Crippen LogP contribution in [0.3, 0.4) is 0 Å². The van der Waals surface area contributed by atoms with E-state index in [4.69, 9.17) is 4.74 Å². The Balaban J connectivity index is 1.60. The Morgan fingerprint density at radius 3 is 2.44 bits per heavy atom. The molecule has 148 valence electrons. The maximum absolute atomic E-state index is 12.8. The Morgan fingerprint density at radius 1 is 1.15 bits per heavy atom. The van der Waals surface area contributed by atoms with E-state index < -0.39 is 23.7 Å². The molecule has 2 amide bonds. The van der Waals surface area contributed by atoms with Crippen molar-refractivity contribution in [3.8, 4) is 0 Å². The molecule has 0 aliphatic carbocycles. The summed E-state index contributed by atoms with van der Waals surface area (Å²) in [5.74, 6) is -0.533. The van der Waals surface area contributed by atoms with Crippen molar-refractivity contribution >= 4 is 11.8 Å². The van der Waals surface area contributed by atoms with Gasteiger partial charge in [0.25, 0.3) is 5.91 Å². The van der Waals surface area contributed by atoms with Crippen molar-refractivity contribution in [2.75, 3.05) is 39.3 Å². The molecule has 0 saturated carbocycles. The van der Waals surface area contributed by atoms with Crippen molar-refractivity contribution in [2.45, 2.75) is 25.2 Å². The predicted octanol–water partition coefficient (Wildman–Crippen LogP) is 1.37. The zero-order chi connectivity index (χ0) is 19.6. The lowest BCUT2D eigenvalue weighted by Crippen LogP contribution is -2.60. The van der Waals surface area contributed by atoms with Crippen molar-refractivity contribution < 1.29 is 27.5 Å². The number of carbonyl (C=O) groups is 2. The van der Waals surface area contributed by atoms with Crippen molar-refractivity contribution in [3.63, 3.8) is 0 Å². The second kappa shape index (κ2) is 7.85. The Labute approximate surface area is 155 Å². The zero-order valence-corrected chi connectivity index (χ0v) is 15.0. The third-order valence-corrected chi connectivity index (χ3v) is 4.90. The molecule has 27 heavy (non-hydrogen) atoms.